The number of carbonyl (C=O) groups excluding carboxylic acids is 2. The van der Waals surface area contributed by atoms with Crippen LogP contribution in [0.2, 0.25) is 0 Å². The van der Waals surface area contributed by atoms with E-state index in [4.69, 9.17) is 14.9 Å². The second-order valence-corrected chi connectivity index (χ2v) is 4.68. The number of aliphatic carboxylic acids is 1. The molecule has 1 heterocycles. The fourth-order valence-electron chi connectivity index (χ4n) is 2.07. The number of nitrogens with one attached hydrogen (secondary N) is 1. The van der Waals surface area contributed by atoms with E-state index in [1.54, 1.807) is 18.2 Å². The van der Waals surface area contributed by atoms with Crippen LogP contribution >= 0.6 is 0 Å². The first-order chi connectivity index (χ1) is 10.5. The maximum absolute atomic E-state index is 11.7. The third-order valence-corrected chi connectivity index (χ3v) is 3.08. The number of ether oxygens (including phenoxy) is 1. The summed E-state index contributed by atoms with van der Waals surface area (Å²) in [6.45, 7) is -0.137. The van der Waals surface area contributed by atoms with Crippen molar-refractivity contribution in [1.82, 2.24) is 0 Å². The quantitative estimate of drug-likeness (QED) is 0.691. The number of hydrogen-bond donors (Lipinski definition) is 3. The van der Waals surface area contributed by atoms with Gasteiger partial charge in [-0.05, 0) is 12.1 Å². The number of carbonyl (C=O) groups is 3. The van der Waals surface area contributed by atoms with Gasteiger partial charge in [0.25, 0.3) is 5.91 Å². The van der Waals surface area contributed by atoms with Gasteiger partial charge in [-0.25, -0.2) is 0 Å². The van der Waals surface area contributed by atoms with Crippen LogP contribution in [0.4, 0.5) is 11.4 Å². The van der Waals surface area contributed by atoms with Gasteiger partial charge in [0, 0.05) is 24.7 Å². The van der Waals surface area contributed by atoms with E-state index in [1.807, 2.05) is 0 Å². The predicted octanol–water partition coefficient (Wildman–Crippen LogP) is 0.208. The Kier molecular flexibility index (Phi) is 4.95. The first-order valence-corrected chi connectivity index (χ1v) is 6.71. The van der Waals surface area contributed by atoms with Gasteiger partial charge in [0.15, 0.2) is 6.61 Å². The maximum Gasteiger partial charge on any atom is 0.303 e. The molecule has 0 bridgehead atoms. The number of rotatable bonds is 6. The van der Waals surface area contributed by atoms with E-state index < -0.39 is 11.9 Å². The van der Waals surface area contributed by atoms with Crippen LogP contribution < -0.4 is 15.0 Å². The van der Waals surface area contributed by atoms with Crippen LogP contribution in [0.15, 0.2) is 18.2 Å². The number of hydrogen-bond acceptors (Lipinski definition) is 5. The Bertz CT molecular complexity index is 601. The van der Waals surface area contributed by atoms with Crippen LogP contribution in [0.1, 0.15) is 12.8 Å². The number of aliphatic hydroxyl groups excluding tert-OH is 1. The van der Waals surface area contributed by atoms with Crippen molar-refractivity contribution in [2.75, 3.05) is 30.0 Å². The zero-order valence-electron chi connectivity index (χ0n) is 11.7. The molecule has 0 aliphatic carbocycles. The molecular formula is C14H16N2O6. The summed E-state index contributed by atoms with van der Waals surface area (Å²) in [7, 11) is 0. The summed E-state index contributed by atoms with van der Waals surface area (Å²) in [5, 5.41) is 20.1. The third kappa shape index (κ3) is 3.73. The Morgan fingerprint density at radius 1 is 1.32 bits per heavy atom. The summed E-state index contributed by atoms with van der Waals surface area (Å²) >= 11 is 0. The van der Waals surface area contributed by atoms with Gasteiger partial charge in [-0.1, -0.05) is 0 Å². The number of carboxylic acids is 1. The molecule has 2 rings (SSSR count). The molecule has 0 saturated carbocycles. The van der Waals surface area contributed by atoms with Crippen molar-refractivity contribution in [2.45, 2.75) is 12.8 Å². The summed E-state index contributed by atoms with van der Waals surface area (Å²) in [6, 6.07) is 4.75. The summed E-state index contributed by atoms with van der Waals surface area (Å²) < 4.78 is 5.31. The highest BCUT2D eigenvalue weighted by molar-refractivity contribution is 5.99. The van der Waals surface area contributed by atoms with E-state index in [0.717, 1.165) is 0 Å². The van der Waals surface area contributed by atoms with Gasteiger partial charge in [0.2, 0.25) is 5.91 Å². The number of fused-ring (bicyclic) bond motifs is 1. The molecule has 0 fully saturated rings. The molecule has 0 saturated heterocycles. The molecule has 22 heavy (non-hydrogen) atoms. The van der Waals surface area contributed by atoms with Gasteiger partial charge >= 0.3 is 5.97 Å². The Hall–Kier alpha value is -2.61. The molecule has 0 unspecified atom stereocenters. The molecule has 0 aromatic heterocycles. The first kappa shape index (κ1) is 15.8. The van der Waals surface area contributed by atoms with Gasteiger partial charge in [0.05, 0.1) is 18.7 Å². The minimum atomic E-state index is -1.04. The molecule has 0 atom stereocenters. The fraction of sp³-hybridized carbons (Fsp3) is 0.357. The van der Waals surface area contributed by atoms with Gasteiger partial charge in [-0.3, -0.25) is 14.4 Å². The molecule has 0 spiro atoms. The highest BCUT2D eigenvalue weighted by Crippen LogP contribution is 2.34. The van der Waals surface area contributed by atoms with Crippen molar-refractivity contribution in [3.8, 4) is 5.75 Å². The van der Waals surface area contributed by atoms with Gasteiger partial charge < -0.3 is 25.2 Å². The Balaban J connectivity index is 2.09. The Labute approximate surface area is 126 Å². The monoisotopic (exact) mass is 308 g/mol. The topological polar surface area (TPSA) is 116 Å². The number of benzene rings is 1. The zero-order valence-corrected chi connectivity index (χ0v) is 11.7. The lowest BCUT2D eigenvalue weighted by Gasteiger charge is -2.29. The van der Waals surface area contributed by atoms with E-state index in [2.05, 4.69) is 5.32 Å². The minimum absolute atomic E-state index is 0.123. The Morgan fingerprint density at radius 2 is 2.09 bits per heavy atom. The van der Waals surface area contributed by atoms with Gasteiger partial charge in [-0.2, -0.15) is 0 Å². The largest absolute Gasteiger partial charge is 0.481 e. The van der Waals surface area contributed by atoms with Gasteiger partial charge in [0.1, 0.15) is 5.75 Å². The first-order valence-electron chi connectivity index (χ1n) is 6.71. The lowest BCUT2D eigenvalue weighted by atomic mass is 10.2. The number of aliphatic hydroxyl groups is 1. The second-order valence-electron chi connectivity index (χ2n) is 4.68. The van der Waals surface area contributed by atoms with Crippen molar-refractivity contribution in [2.24, 2.45) is 0 Å². The molecule has 8 heteroatoms. The second kappa shape index (κ2) is 6.90. The average molecular weight is 308 g/mol. The summed E-state index contributed by atoms with van der Waals surface area (Å²) in [5.74, 6) is -1.28. The van der Waals surface area contributed by atoms with Crippen LogP contribution in [0.5, 0.6) is 5.75 Å². The maximum atomic E-state index is 11.7. The minimum Gasteiger partial charge on any atom is -0.481 e. The molecule has 1 aromatic carbocycles. The van der Waals surface area contributed by atoms with Crippen LogP contribution in [-0.2, 0) is 14.4 Å². The van der Waals surface area contributed by atoms with Crippen LogP contribution in [0, 0.1) is 0 Å². The SMILES string of the molecule is O=C(O)CCC(=O)Nc1ccc2c(c1)OCC(=O)N2CCO. The van der Waals surface area contributed by atoms with Gasteiger partial charge in [-0.15, -0.1) is 0 Å². The van der Waals surface area contributed by atoms with Crippen LogP contribution in [-0.4, -0.2) is 47.8 Å². The van der Waals surface area contributed by atoms with Crippen LogP contribution in [0.3, 0.4) is 0 Å². The van der Waals surface area contributed by atoms with E-state index >= 15 is 0 Å². The highest BCUT2D eigenvalue weighted by atomic mass is 16.5. The molecule has 1 aliphatic heterocycles. The van der Waals surface area contributed by atoms with Crippen molar-refractivity contribution >= 4 is 29.2 Å². The lowest BCUT2D eigenvalue weighted by molar-refractivity contribution is -0.138. The summed E-state index contributed by atoms with van der Waals surface area (Å²) in [6.07, 6.45) is -0.367. The van der Waals surface area contributed by atoms with E-state index in [9.17, 15) is 14.4 Å². The summed E-state index contributed by atoms with van der Waals surface area (Å²) in [5.41, 5.74) is 0.973. The number of β-amino-alcohol motifs (C(OH)–C–C–N with tert-alkyl or cyclic N) is 1. The molecular weight excluding hydrogens is 292 g/mol. The predicted molar refractivity (Wildman–Crippen MR) is 76.9 cm³/mol. The zero-order chi connectivity index (χ0) is 16.1. The molecule has 1 aromatic rings. The molecule has 118 valence electrons. The van der Waals surface area contributed by atoms with E-state index in [1.165, 1.54) is 4.90 Å². The van der Waals surface area contributed by atoms with Crippen molar-refractivity contribution < 1.29 is 29.3 Å². The average Bonchev–Trinajstić information content (AvgIpc) is 2.48. The fourth-order valence-corrected chi connectivity index (χ4v) is 2.07. The van der Waals surface area contributed by atoms with E-state index in [0.29, 0.717) is 17.1 Å². The van der Waals surface area contributed by atoms with Crippen molar-refractivity contribution in [1.29, 1.82) is 0 Å². The molecule has 8 nitrogen and oxygen atoms in total. The Morgan fingerprint density at radius 3 is 2.77 bits per heavy atom. The number of amides is 2. The standard InChI is InChI=1S/C14H16N2O6/c17-6-5-16-10-2-1-9(7-11(10)22-8-13(16)19)15-12(18)3-4-14(20)21/h1-2,7,17H,3-6,8H2,(H,15,18)(H,20,21). The van der Waals surface area contributed by atoms with Crippen LogP contribution in [0.25, 0.3) is 0 Å². The number of nitrogens with zero attached hydrogens (tertiary/aromatic N) is 1. The molecule has 1 aliphatic rings. The van der Waals surface area contributed by atoms with Crippen molar-refractivity contribution in [3.05, 3.63) is 18.2 Å². The third-order valence-electron chi connectivity index (χ3n) is 3.08. The van der Waals surface area contributed by atoms with E-state index in [-0.39, 0.29) is 38.5 Å². The lowest BCUT2D eigenvalue weighted by Crippen LogP contribution is -2.40. The number of carboxylic acid groups (broad SMARTS) is 1. The number of anilines is 2. The molecule has 2 amide bonds. The molecule has 0 radical (unpaired) electrons. The normalized spacial score (nSPS) is 13.3. The molecule has 3 N–H and O–H groups in total. The summed E-state index contributed by atoms with van der Waals surface area (Å²) in [4.78, 5) is 35.1. The van der Waals surface area contributed by atoms with Crippen molar-refractivity contribution in [3.63, 3.8) is 0 Å². The highest BCUT2D eigenvalue weighted by Gasteiger charge is 2.25. The smallest absolute Gasteiger partial charge is 0.303 e.